The number of anilines is 2. The largest absolute Gasteiger partial charge is 0.395 e. The van der Waals surface area contributed by atoms with E-state index < -0.39 is 0 Å². The Morgan fingerprint density at radius 1 is 1.14 bits per heavy atom. The highest BCUT2D eigenvalue weighted by molar-refractivity contribution is 6.42. The lowest BCUT2D eigenvalue weighted by atomic mass is 10.2. The molecular formula is C16H17Cl2N3O. The molecule has 22 heavy (non-hydrogen) atoms. The van der Waals surface area contributed by atoms with Crippen LogP contribution in [0.5, 0.6) is 0 Å². The van der Waals surface area contributed by atoms with Crippen LogP contribution in [0.4, 0.5) is 11.4 Å². The van der Waals surface area contributed by atoms with Crippen LogP contribution in [0.25, 0.3) is 0 Å². The molecular weight excluding hydrogens is 321 g/mol. The smallest absolute Gasteiger partial charge is 0.0613 e. The second-order valence-electron chi connectivity index (χ2n) is 4.74. The van der Waals surface area contributed by atoms with Crippen LogP contribution in [-0.4, -0.2) is 31.5 Å². The predicted molar refractivity (Wildman–Crippen MR) is 94.5 cm³/mol. The number of hydrogen-bond donors (Lipinski definition) is 2. The van der Waals surface area contributed by atoms with Gasteiger partial charge in [-0.3, -0.25) is 5.43 Å². The number of nitrogens with one attached hydrogen (secondary N) is 1. The Bertz CT molecular complexity index is 644. The van der Waals surface area contributed by atoms with Crippen molar-refractivity contribution in [2.75, 3.05) is 30.5 Å². The van der Waals surface area contributed by atoms with E-state index in [0.29, 0.717) is 16.6 Å². The van der Waals surface area contributed by atoms with E-state index in [1.165, 1.54) is 0 Å². The quantitative estimate of drug-likeness (QED) is 0.621. The average molecular weight is 338 g/mol. The van der Waals surface area contributed by atoms with Gasteiger partial charge in [-0.2, -0.15) is 5.10 Å². The summed E-state index contributed by atoms with van der Waals surface area (Å²) in [6.45, 7) is 0.736. The molecule has 2 rings (SSSR count). The molecule has 0 bridgehead atoms. The summed E-state index contributed by atoms with van der Waals surface area (Å²) in [6.07, 6.45) is 1.72. The summed E-state index contributed by atoms with van der Waals surface area (Å²) in [6, 6.07) is 13.1. The molecule has 0 saturated carbocycles. The third kappa shape index (κ3) is 4.63. The van der Waals surface area contributed by atoms with Crippen LogP contribution in [0, 0.1) is 0 Å². The van der Waals surface area contributed by atoms with Gasteiger partial charge in [-0.25, -0.2) is 0 Å². The maximum atomic E-state index is 8.92. The minimum atomic E-state index is 0.132. The highest BCUT2D eigenvalue weighted by atomic mass is 35.5. The topological polar surface area (TPSA) is 47.9 Å². The van der Waals surface area contributed by atoms with Crippen molar-refractivity contribution in [2.45, 2.75) is 0 Å². The van der Waals surface area contributed by atoms with Gasteiger partial charge in [0.25, 0.3) is 0 Å². The van der Waals surface area contributed by atoms with Gasteiger partial charge in [-0.15, -0.1) is 0 Å². The van der Waals surface area contributed by atoms with Crippen molar-refractivity contribution in [3.8, 4) is 0 Å². The molecule has 0 aromatic heterocycles. The molecule has 0 aliphatic heterocycles. The number of likely N-dealkylation sites (N-methyl/N-ethyl adjacent to an activating group) is 1. The fourth-order valence-corrected chi connectivity index (χ4v) is 2.14. The lowest BCUT2D eigenvalue weighted by molar-refractivity contribution is 0.304. The van der Waals surface area contributed by atoms with Crippen LogP contribution >= 0.6 is 23.2 Å². The Morgan fingerprint density at radius 3 is 2.50 bits per heavy atom. The number of hydrogen-bond acceptors (Lipinski definition) is 4. The van der Waals surface area contributed by atoms with Crippen LogP contribution in [0.15, 0.2) is 47.6 Å². The van der Waals surface area contributed by atoms with Gasteiger partial charge < -0.3 is 10.0 Å². The second kappa shape index (κ2) is 8.03. The van der Waals surface area contributed by atoms with Crippen molar-refractivity contribution < 1.29 is 5.11 Å². The van der Waals surface area contributed by atoms with E-state index in [4.69, 9.17) is 28.3 Å². The van der Waals surface area contributed by atoms with Gasteiger partial charge in [0.1, 0.15) is 0 Å². The molecule has 2 aromatic carbocycles. The van der Waals surface area contributed by atoms with Gasteiger partial charge >= 0.3 is 0 Å². The number of benzene rings is 2. The highest BCUT2D eigenvalue weighted by Crippen LogP contribution is 2.24. The Balaban J connectivity index is 1.96. The molecule has 2 N–H and O–H groups in total. The summed E-state index contributed by atoms with van der Waals surface area (Å²) in [5, 5.41) is 14.1. The van der Waals surface area contributed by atoms with E-state index in [1.807, 2.05) is 36.2 Å². The molecule has 0 heterocycles. The Labute approximate surface area is 140 Å². The van der Waals surface area contributed by atoms with Crippen molar-refractivity contribution in [2.24, 2.45) is 5.10 Å². The summed E-state index contributed by atoms with van der Waals surface area (Å²) in [4.78, 5) is 1.98. The summed E-state index contributed by atoms with van der Waals surface area (Å²) < 4.78 is 0. The fraction of sp³-hybridized carbons (Fsp3) is 0.188. The third-order valence-electron chi connectivity index (χ3n) is 3.10. The van der Waals surface area contributed by atoms with Crippen LogP contribution in [-0.2, 0) is 0 Å². The molecule has 0 radical (unpaired) electrons. The van der Waals surface area contributed by atoms with Gasteiger partial charge in [0.2, 0.25) is 0 Å². The SMILES string of the molecule is CN(CCO)c1ccc(/C=N/Nc2ccc(Cl)c(Cl)c2)cc1. The monoisotopic (exact) mass is 337 g/mol. The predicted octanol–water partition coefficient (Wildman–Crippen LogP) is 3.87. The first kappa shape index (κ1) is 16.6. The molecule has 2 aromatic rings. The first-order chi connectivity index (χ1) is 10.6. The van der Waals surface area contributed by atoms with Gasteiger partial charge in [-0.05, 0) is 35.9 Å². The number of aliphatic hydroxyl groups excluding tert-OH is 1. The highest BCUT2D eigenvalue weighted by Gasteiger charge is 2.00. The van der Waals surface area contributed by atoms with Crippen LogP contribution in [0.2, 0.25) is 10.0 Å². The molecule has 6 heteroatoms. The number of halogens is 2. The van der Waals surface area contributed by atoms with Crippen molar-refractivity contribution in [1.82, 2.24) is 0 Å². The Kier molecular flexibility index (Phi) is 6.07. The Morgan fingerprint density at radius 2 is 1.86 bits per heavy atom. The number of hydrazone groups is 1. The number of rotatable bonds is 6. The summed E-state index contributed by atoms with van der Waals surface area (Å²) in [7, 11) is 1.94. The Hall–Kier alpha value is -1.75. The zero-order chi connectivity index (χ0) is 15.9. The summed E-state index contributed by atoms with van der Waals surface area (Å²) >= 11 is 11.8. The minimum absolute atomic E-state index is 0.132. The number of aliphatic hydroxyl groups is 1. The second-order valence-corrected chi connectivity index (χ2v) is 5.55. The van der Waals surface area contributed by atoms with Crippen molar-refractivity contribution in [3.63, 3.8) is 0 Å². The van der Waals surface area contributed by atoms with E-state index >= 15 is 0 Å². The van der Waals surface area contributed by atoms with E-state index in [1.54, 1.807) is 24.4 Å². The first-order valence-electron chi connectivity index (χ1n) is 6.76. The normalized spacial score (nSPS) is 10.9. The fourth-order valence-electron chi connectivity index (χ4n) is 1.84. The molecule has 4 nitrogen and oxygen atoms in total. The summed E-state index contributed by atoms with van der Waals surface area (Å²) in [5.74, 6) is 0. The van der Waals surface area contributed by atoms with Crippen molar-refractivity contribution in [1.29, 1.82) is 0 Å². The van der Waals surface area contributed by atoms with E-state index in [-0.39, 0.29) is 6.61 Å². The van der Waals surface area contributed by atoms with E-state index in [0.717, 1.165) is 16.9 Å². The van der Waals surface area contributed by atoms with E-state index in [2.05, 4.69) is 10.5 Å². The molecule has 0 aliphatic carbocycles. The summed E-state index contributed by atoms with van der Waals surface area (Å²) in [5.41, 5.74) is 5.68. The van der Waals surface area contributed by atoms with Crippen molar-refractivity contribution >= 4 is 40.8 Å². The molecule has 116 valence electrons. The first-order valence-corrected chi connectivity index (χ1v) is 7.52. The van der Waals surface area contributed by atoms with E-state index in [9.17, 15) is 0 Å². The van der Waals surface area contributed by atoms with Gasteiger partial charge in [0.15, 0.2) is 0 Å². The lowest BCUT2D eigenvalue weighted by Crippen LogP contribution is -2.20. The standard InChI is InChI=1S/C16H17Cl2N3O/c1-21(8-9-22)14-5-2-12(3-6-14)11-19-20-13-4-7-15(17)16(18)10-13/h2-7,10-11,20,22H,8-9H2,1H3/b19-11+. The molecule has 0 spiro atoms. The molecule has 0 atom stereocenters. The lowest BCUT2D eigenvalue weighted by Gasteiger charge is -2.17. The molecule has 0 unspecified atom stereocenters. The van der Waals surface area contributed by atoms with Crippen molar-refractivity contribution in [3.05, 3.63) is 58.1 Å². The number of nitrogens with zero attached hydrogens (tertiary/aromatic N) is 2. The van der Waals surface area contributed by atoms with Gasteiger partial charge in [0, 0.05) is 19.3 Å². The average Bonchev–Trinajstić information content (AvgIpc) is 2.52. The third-order valence-corrected chi connectivity index (χ3v) is 3.84. The maximum Gasteiger partial charge on any atom is 0.0613 e. The minimum Gasteiger partial charge on any atom is -0.395 e. The molecule has 0 aliphatic rings. The zero-order valence-electron chi connectivity index (χ0n) is 12.1. The van der Waals surface area contributed by atoms with Gasteiger partial charge in [0.05, 0.1) is 28.6 Å². The van der Waals surface area contributed by atoms with Crippen LogP contribution in [0.3, 0.4) is 0 Å². The van der Waals surface area contributed by atoms with Crippen LogP contribution in [0.1, 0.15) is 5.56 Å². The molecule has 0 amide bonds. The molecule has 0 fully saturated rings. The zero-order valence-corrected chi connectivity index (χ0v) is 13.6. The maximum absolute atomic E-state index is 8.92. The van der Waals surface area contributed by atoms with Gasteiger partial charge in [-0.1, -0.05) is 35.3 Å². The molecule has 0 saturated heterocycles. The van der Waals surface area contributed by atoms with Crippen LogP contribution < -0.4 is 10.3 Å².